The topological polar surface area (TPSA) is 56.7 Å². The smallest absolute Gasteiger partial charge is 0.153 e. The second-order valence-electron chi connectivity index (χ2n) is 4.27. The van der Waals surface area contributed by atoms with Gasteiger partial charge in [0, 0.05) is 17.5 Å². The highest BCUT2D eigenvalue weighted by molar-refractivity contribution is 5.40. The molecule has 0 spiro atoms. The van der Waals surface area contributed by atoms with Gasteiger partial charge in [-0.15, -0.1) is 5.10 Å². The van der Waals surface area contributed by atoms with Crippen molar-refractivity contribution < 1.29 is 0 Å². The number of nitrogens with two attached hydrogens (primary N) is 1. The van der Waals surface area contributed by atoms with Gasteiger partial charge >= 0.3 is 0 Å². The molecule has 16 heavy (non-hydrogen) atoms. The van der Waals surface area contributed by atoms with Gasteiger partial charge in [-0.1, -0.05) is 6.07 Å². The lowest BCUT2D eigenvalue weighted by Gasteiger charge is -2.03. The fraction of sp³-hybridized carbons (Fsp3) is 0.333. The van der Waals surface area contributed by atoms with Gasteiger partial charge in [0.05, 0.1) is 0 Å². The number of hydrogen-bond acceptors (Lipinski definition) is 3. The lowest BCUT2D eigenvalue weighted by Crippen LogP contribution is -2.01. The number of aryl methyl sites for hydroxylation is 3. The maximum absolute atomic E-state index is 5.73. The molecule has 0 saturated carbocycles. The SMILES string of the molecule is Cc1cn(-c2ccc3c(n2)CCC3)nc1N. The standard InChI is InChI=1S/C12H14N4/c1-8-7-16(15-12(8)13)11-6-5-9-3-2-4-10(9)14-11/h5-7H,2-4H2,1H3,(H2,13,15). The quantitative estimate of drug-likeness (QED) is 0.785. The Bertz CT molecular complexity index is 522. The van der Waals surface area contributed by atoms with Crippen molar-refractivity contribution in [3.05, 3.63) is 35.2 Å². The van der Waals surface area contributed by atoms with E-state index < -0.39 is 0 Å². The molecule has 4 heteroatoms. The molecule has 0 aliphatic heterocycles. The van der Waals surface area contributed by atoms with Crippen molar-refractivity contribution >= 4 is 5.82 Å². The van der Waals surface area contributed by atoms with Crippen LogP contribution in [-0.4, -0.2) is 14.8 Å². The van der Waals surface area contributed by atoms with Crippen molar-refractivity contribution in [2.75, 3.05) is 5.73 Å². The van der Waals surface area contributed by atoms with Crippen LogP contribution < -0.4 is 5.73 Å². The largest absolute Gasteiger partial charge is 0.382 e. The Morgan fingerprint density at radius 1 is 1.31 bits per heavy atom. The molecule has 3 rings (SSSR count). The molecule has 2 aromatic rings. The monoisotopic (exact) mass is 214 g/mol. The van der Waals surface area contributed by atoms with E-state index in [4.69, 9.17) is 5.73 Å². The van der Waals surface area contributed by atoms with E-state index >= 15 is 0 Å². The first kappa shape index (κ1) is 9.39. The average molecular weight is 214 g/mol. The summed E-state index contributed by atoms with van der Waals surface area (Å²) < 4.78 is 1.75. The van der Waals surface area contributed by atoms with Crippen LogP contribution in [0.3, 0.4) is 0 Å². The van der Waals surface area contributed by atoms with Crippen LogP contribution in [0.4, 0.5) is 5.82 Å². The lowest BCUT2D eigenvalue weighted by atomic mass is 10.2. The minimum Gasteiger partial charge on any atom is -0.382 e. The molecule has 82 valence electrons. The average Bonchev–Trinajstić information content (AvgIpc) is 2.85. The van der Waals surface area contributed by atoms with Crippen LogP contribution in [0.5, 0.6) is 0 Å². The zero-order valence-corrected chi connectivity index (χ0v) is 9.27. The van der Waals surface area contributed by atoms with E-state index in [1.807, 2.05) is 19.2 Å². The van der Waals surface area contributed by atoms with E-state index in [-0.39, 0.29) is 0 Å². The molecule has 4 nitrogen and oxygen atoms in total. The zero-order chi connectivity index (χ0) is 11.1. The van der Waals surface area contributed by atoms with Crippen molar-refractivity contribution in [3.8, 4) is 5.82 Å². The van der Waals surface area contributed by atoms with E-state index in [0.717, 1.165) is 24.2 Å². The van der Waals surface area contributed by atoms with Gasteiger partial charge in [0.15, 0.2) is 5.82 Å². The van der Waals surface area contributed by atoms with E-state index in [2.05, 4.69) is 16.1 Å². The van der Waals surface area contributed by atoms with Crippen molar-refractivity contribution in [1.29, 1.82) is 0 Å². The highest BCUT2D eigenvalue weighted by Gasteiger charge is 2.13. The fourth-order valence-electron chi connectivity index (χ4n) is 2.13. The predicted octanol–water partition coefficient (Wildman–Crippen LogP) is 1.65. The van der Waals surface area contributed by atoms with Crippen molar-refractivity contribution in [3.63, 3.8) is 0 Å². The van der Waals surface area contributed by atoms with Crippen LogP contribution in [-0.2, 0) is 12.8 Å². The van der Waals surface area contributed by atoms with Gasteiger partial charge in [0.25, 0.3) is 0 Å². The van der Waals surface area contributed by atoms with Crippen LogP contribution in [0.1, 0.15) is 23.2 Å². The minimum absolute atomic E-state index is 0.572. The normalized spacial score (nSPS) is 14.1. The third-order valence-electron chi connectivity index (χ3n) is 3.08. The number of nitrogens with zero attached hydrogens (tertiary/aromatic N) is 3. The fourth-order valence-corrected chi connectivity index (χ4v) is 2.13. The number of fused-ring (bicyclic) bond motifs is 1. The second-order valence-corrected chi connectivity index (χ2v) is 4.27. The van der Waals surface area contributed by atoms with Crippen molar-refractivity contribution in [2.24, 2.45) is 0 Å². The maximum Gasteiger partial charge on any atom is 0.153 e. The highest BCUT2D eigenvalue weighted by atomic mass is 15.3. The van der Waals surface area contributed by atoms with Crippen LogP contribution in [0, 0.1) is 6.92 Å². The first-order chi connectivity index (χ1) is 7.74. The number of anilines is 1. The summed E-state index contributed by atoms with van der Waals surface area (Å²) in [6.07, 6.45) is 5.37. The lowest BCUT2D eigenvalue weighted by molar-refractivity contribution is 0.834. The molecule has 1 aliphatic rings. The molecule has 1 aliphatic carbocycles. The Balaban J connectivity index is 2.07. The van der Waals surface area contributed by atoms with Crippen LogP contribution in [0.2, 0.25) is 0 Å². The number of rotatable bonds is 1. The second kappa shape index (κ2) is 3.33. The number of pyridine rings is 1. The molecular weight excluding hydrogens is 200 g/mol. The summed E-state index contributed by atoms with van der Waals surface area (Å²) in [5, 5.41) is 4.24. The van der Waals surface area contributed by atoms with Gasteiger partial charge in [-0.3, -0.25) is 0 Å². The maximum atomic E-state index is 5.73. The Kier molecular flexibility index (Phi) is 1.96. The Morgan fingerprint density at radius 3 is 2.94 bits per heavy atom. The number of nitrogen functional groups attached to an aromatic ring is 1. The highest BCUT2D eigenvalue weighted by Crippen LogP contribution is 2.21. The van der Waals surface area contributed by atoms with Gasteiger partial charge in [0.1, 0.15) is 5.82 Å². The van der Waals surface area contributed by atoms with Gasteiger partial charge in [-0.2, -0.15) is 0 Å². The predicted molar refractivity (Wildman–Crippen MR) is 62.5 cm³/mol. The molecule has 0 amide bonds. The molecule has 2 heterocycles. The number of hydrogen-bond donors (Lipinski definition) is 1. The summed E-state index contributed by atoms with van der Waals surface area (Å²) in [7, 11) is 0. The molecule has 0 fully saturated rings. The molecule has 2 aromatic heterocycles. The molecule has 0 atom stereocenters. The van der Waals surface area contributed by atoms with Crippen molar-refractivity contribution in [2.45, 2.75) is 26.2 Å². The summed E-state index contributed by atoms with van der Waals surface area (Å²) in [5.41, 5.74) is 9.31. The summed E-state index contributed by atoms with van der Waals surface area (Å²) >= 11 is 0. The van der Waals surface area contributed by atoms with Gasteiger partial charge in [-0.05, 0) is 37.8 Å². The Morgan fingerprint density at radius 2 is 2.19 bits per heavy atom. The molecule has 0 saturated heterocycles. The van der Waals surface area contributed by atoms with E-state index in [1.54, 1.807) is 4.68 Å². The third-order valence-corrected chi connectivity index (χ3v) is 3.08. The van der Waals surface area contributed by atoms with Crippen molar-refractivity contribution in [1.82, 2.24) is 14.8 Å². The van der Waals surface area contributed by atoms with E-state index in [0.29, 0.717) is 5.82 Å². The Hall–Kier alpha value is -1.84. The summed E-state index contributed by atoms with van der Waals surface area (Å²) in [4.78, 5) is 4.62. The Labute approximate surface area is 94.1 Å². The third kappa shape index (κ3) is 1.38. The molecule has 0 bridgehead atoms. The van der Waals surface area contributed by atoms with Crippen LogP contribution in [0.25, 0.3) is 5.82 Å². The zero-order valence-electron chi connectivity index (χ0n) is 9.27. The first-order valence-electron chi connectivity index (χ1n) is 5.55. The molecule has 2 N–H and O–H groups in total. The first-order valence-corrected chi connectivity index (χ1v) is 5.55. The summed E-state index contributed by atoms with van der Waals surface area (Å²) in [6, 6.07) is 4.16. The van der Waals surface area contributed by atoms with Gasteiger partial charge in [-0.25, -0.2) is 9.67 Å². The summed E-state index contributed by atoms with van der Waals surface area (Å²) in [6.45, 7) is 1.95. The van der Waals surface area contributed by atoms with Gasteiger partial charge < -0.3 is 5.73 Å². The summed E-state index contributed by atoms with van der Waals surface area (Å²) in [5.74, 6) is 1.43. The van der Waals surface area contributed by atoms with Crippen LogP contribution >= 0.6 is 0 Å². The van der Waals surface area contributed by atoms with Gasteiger partial charge in [0.2, 0.25) is 0 Å². The van der Waals surface area contributed by atoms with E-state index in [1.165, 1.54) is 17.7 Å². The molecule has 0 unspecified atom stereocenters. The minimum atomic E-state index is 0.572. The number of aromatic nitrogens is 3. The molecule has 0 radical (unpaired) electrons. The molecular formula is C12H14N4. The molecule has 0 aromatic carbocycles. The van der Waals surface area contributed by atoms with E-state index in [9.17, 15) is 0 Å². The van der Waals surface area contributed by atoms with Crippen LogP contribution in [0.15, 0.2) is 18.3 Å².